The maximum atomic E-state index is 14.6. The van der Waals surface area contributed by atoms with Crippen molar-refractivity contribution in [2.45, 2.75) is 79.3 Å². The minimum Gasteiger partial charge on any atom is -0.481 e. The van der Waals surface area contributed by atoms with E-state index >= 15 is 0 Å². The van der Waals surface area contributed by atoms with Gasteiger partial charge in [0.05, 0.1) is 33.9 Å². The number of H-pyrrole nitrogens is 2. The van der Waals surface area contributed by atoms with Crippen molar-refractivity contribution in [3.8, 4) is 0 Å². The number of carbonyl (C=O) groups is 2. The fourth-order valence-corrected chi connectivity index (χ4v) is 6.32. The number of allylic oxidation sites excluding steroid dienone is 4. The molecule has 0 saturated carbocycles. The number of hydrogen-bond donors (Lipinski definition) is 4. The summed E-state index contributed by atoms with van der Waals surface area (Å²) in [4.78, 5) is 39.1. The first-order chi connectivity index (χ1) is 21.2. The van der Waals surface area contributed by atoms with Crippen LogP contribution in [0.4, 0.5) is 13.2 Å². The van der Waals surface area contributed by atoms with Gasteiger partial charge in [-0.3, -0.25) is 9.59 Å². The van der Waals surface area contributed by atoms with Crippen LogP contribution in [0.1, 0.15) is 98.4 Å². The number of rotatable bonds is 8. The lowest BCUT2D eigenvalue weighted by molar-refractivity contribution is -0.137. The molecule has 236 valence electrons. The van der Waals surface area contributed by atoms with E-state index in [4.69, 9.17) is 9.97 Å². The van der Waals surface area contributed by atoms with Gasteiger partial charge in [-0.1, -0.05) is 13.8 Å². The topological polar surface area (TPSA) is 132 Å². The van der Waals surface area contributed by atoms with Crippen LogP contribution in [0.15, 0.2) is 24.3 Å². The van der Waals surface area contributed by atoms with Gasteiger partial charge in [-0.05, 0) is 110 Å². The summed E-state index contributed by atoms with van der Waals surface area (Å²) >= 11 is 0. The van der Waals surface area contributed by atoms with Crippen LogP contribution >= 0.6 is 0 Å². The molecular formula is C34H35F3N4O4. The third-order valence-electron chi connectivity index (χ3n) is 8.68. The van der Waals surface area contributed by atoms with Crippen LogP contribution in [0.25, 0.3) is 44.4 Å². The van der Waals surface area contributed by atoms with E-state index in [-0.39, 0.29) is 48.7 Å². The number of nitrogens with one attached hydrogen (secondary N) is 2. The van der Waals surface area contributed by atoms with Crippen LogP contribution in [0.3, 0.4) is 0 Å². The highest BCUT2D eigenvalue weighted by atomic mass is 19.4. The van der Waals surface area contributed by atoms with Crippen molar-refractivity contribution in [1.82, 2.24) is 19.9 Å². The summed E-state index contributed by atoms with van der Waals surface area (Å²) in [6, 6.07) is 6.67. The Morgan fingerprint density at radius 2 is 1.16 bits per heavy atom. The van der Waals surface area contributed by atoms with Crippen molar-refractivity contribution < 1.29 is 33.0 Å². The summed E-state index contributed by atoms with van der Waals surface area (Å²) in [5.74, 6) is -1.94. The number of hydrogen-bond acceptors (Lipinski definition) is 4. The predicted octanol–water partition coefficient (Wildman–Crippen LogP) is 8.36. The first kappa shape index (κ1) is 31.7. The number of carboxylic acid groups (broad SMARTS) is 2. The van der Waals surface area contributed by atoms with Gasteiger partial charge >= 0.3 is 18.1 Å². The molecule has 3 aromatic heterocycles. The molecule has 0 amide bonds. The summed E-state index contributed by atoms with van der Waals surface area (Å²) in [7, 11) is 0. The van der Waals surface area contributed by atoms with Gasteiger partial charge in [0.2, 0.25) is 0 Å². The minimum absolute atomic E-state index is 0.0665. The fourth-order valence-electron chi connectivity index (χ4n) is 6.32. The summed E-state index contributed by atoms with van der Waals surface area (Å²) in [5, 5.41) is 18.9. The predicted molar refractivity (Wildman–Crippen MR) is 168 cm³/mol. The van der Waals surface area contributed by atoms with E-state index in [2.05, 4.69) is 9.97 Å². The Bertz CT molecular complexity index is 1960. The van der Waals surface area contributed by atoms with Gasteiger partial charge < -0.3 is 20.2 Å². The molecular weight excluding hydrogens is 585 g/mol. The zero-order chi connectivity index (χ0) is 32.8. The number of nitrogens with zero attached hydrogens (tertiary/aromatic N) is 2. The van der Waals surface area contributed by atoms with Crippen LogP contribution in [-0.2, 0) is 28.6 Å². The van der Waals surface area contributed by atoms with Gasteiger partial charge in [0.25, 0.3) is 0 Å². The first-order valence-electron chi connectivity index (χ1n) is 14.9. The Kier molecular flexibility index (Phi) is 8.48. The molecule has 0 spiro atoms. The Hall–Kier alpha value is -4.67. The van der Waals surface area contributed by atoms with Crippen molar-refractivity contribution in [3.63, 3.8) is 0 Å². The standard InChI is InChI=1S/C34H35F3N4O4/c1-6-19-16(3)23-12-24-17(4)21(8-10-31(42)43)28(39-24)14-29-22(9-11-32(44)45)18(5)25(40-29)13-27-20(7-2)33(34(35,36)37)30(41-27)15-26(19)38-23/h12-15,38,41H,6-11H2,1-5H3,(H,42,43)(H,44,45). The normalized spacial score (nSPS) is 13.6. The van der Waals surface area contributed by atoms with Crippen molar-refractivity contribution in [2.75, 3.05) is 0 Å². The number of aromatic amines is 2. The summed E-state index contributed by atoms with van der Waals surface area (Å²) < 4.78 is 43.8. The van der Waals surface area contributed by atoms with Gasteiger partial charge in [0.1, 0.15) is 0 Å². The second-order valence-electron chi connectivity index (χ2n) is 11.4. The summed E-state index contributed by atoms with van der Waals surface area (Å²) in [6.07, 6.45) is -3.82. The van der Waals surface area contributed by atoms with Crippen LogP contribution in [0.2, 0.25) is 0 Å². The summed E-state index contributed by atoms with van der Waals surface area (Å²) in [6.45, 7) is 9.17. The van der Waals surface area contributed by atoms with Gasteiger partial charge in [-0.25, -0.2) is 9.97 Å². The monoisotopic (exact) mass is 620 g/mol. The molecule has 8 nitrogen and oxygen atoms in total. The highest BCUT2D eigenvalue weighted by molar-refractivity contribution is 5.96. The van der Waals surface area contributed by atoms with E-state index in [9.17, 15) is 33.0 Å². The molecule has 0 unspecified atom stereocenters. The quantitative estimate of drug-likeness (QED) is 0.200. The minimum atomic E-state index is -4.62. The first-order valence-corrected chi connectivity index (χ1v) is 14.9. The van der Waals surface area contributed by atoms with Crippen molar-refractivity contribution >= 4 is 56.3 Å². The molecule has 3 aromatic rings. The number of carboxylic acids is 2. The van der Waals surface area contributed by atoms with Gasteiger partial charge in [-0.2, -0.15) is 13.2 Å². The SMILES string of the molecule is CCc1c(C)c2cc3nc(cc4nc(cc5[nH]c(cc1[nH]2)c(C(F)(F)F)c5CC)C(C)=C4CCC(=O)O)C(CCC(=O)O)=C3C. The van der Waals surface area contributed by atoms with E-state index < -0.39 is 23.7 Å². The van der Waals surface area contributed by atoms with Crippen molar-refractivity contribution in [3.05, 3.63) is 69.3 Å². The highest BCUT2D eigenvalue weighted by Gasteiger charge is 2.36. The fraction of sp³-hybridized carbons (Fsp3) is 0.353. The third kappa shape index (κ3) is 6.03. The lowest BCUT2D eigenvalue weighted by Gasteiger charge is -2.07. The molecule has 5 rings (SSSR count). The molecule has 0 atom stereocenters. The van der Waals surface area contributed by atoms with E-state index in [0.29, 0.717) is 51.4 Å². The maximum Gasteiger partial charge on any atom is 0.418 e. The molecule has 0 radical (unpaired) electrons. The van der Waals surface area contributed by atoms with Crippen LogP contribution < -0.4 is 0 Å². The Balaban J connectivity index is 1.97. The largest absolute Gasteiger partial charge is 0.481 e. The number of aryl methyl sites for hydroxylation is 3. The van der Waals surface area contributed by atoms with E-state index in [1.807, 2.05) is 26.8 Å². The van der Waals surface area contributed by atoms with E-state index in [1.54, 1.807) is 26.0 Å². The molecule has 0 saturated heterocycles. The average molecular weight is 621 g/mol. The van der Waals surface area contributed by atoms with Gasteiger partial charge in [0.15, 0.2) is 0 Å². The lowest BCUT2D eigenvalue weighted by Crippen LogP contribution is -2.07. The molecule has 5 heterocycles. The smallest absolute Gasteiger partial charge is 0.418 e. The highest BCUT2D eigenvalue weighted by Crippen LogP contribution is 2.41. The molecule has 4 N–H and O–H groups in total. The number of alkyl halides is 3. The summed E-state index contributed by atoms with van der Waals surface area (Å²) in [5.41, 5.74) is 7.40. The molecule has 8 bridgehead atoms. The molecule has 0 aromatic carbocycles. The van der Waals surface area contributed by atoms with Crippen LogP contribution in [-0.4, -0.2) is 42.1 Å². The van der Waals surface area contributed by atoms with E-state index in [1.165, 1.54) is 6.07 Å². The molecule has 2 aliphatic heterocycles. The Labute approximate surface area is 257 Å². The average Bonchev–Trinajstić information content (AvgIpc) is 3.63. The lowest BCUT2D eigenvalue weighted by atomic mass is 9.98. The number of fused-ring (bicyclic) bond motifs is 8. The molecule has 45 heavy (non-hydrogen) atoms. The van der Waals surface area contributed by atoms with Gasteiger partial charge in [-0.15, -0.1) is 0 Å². The molecule has 11 heteroatoms. The van der Waals surface area contributed by atoms with Crippen LogP contribution in [0.5, 0.6) is 0 Å². The van der Waals surface area contributed by atoms with Crippen molar-refractivity contribution in [2.24, 2.45) is 0 Å². The van der Waals surface area contributed by atoms with E-state index in [0.717, 1.165) is 22.3 Å². The zero-order valence-electron chi connectivity index (χ0n) is 25.8. The zero-order valence-corrected chi connectivity index (χ0v) is 25.8. The number of aromatic nitrogens is 4. The Morgan fingerprint density at radius 1 is 0.689 bits per heavy atom. The number of halogens is 3. The van der Waals surface area contributed by atoms with Crippen molar-refractivity contribution in [1.29, 1.82) is 0 Å². The Morgan fingerprint density at radius 3 is 1.62 bits per heavy atom. The molecule has 2 aliphatic rings. The second kappa shape index (κ2) is 12.0. The molecule has 0 fully saturated rings. The second-order valence-corrected chi connectivity index (χ2v) is 11.4. The number of aliphatic carboxylic acids is 2. The van der Waals surface area contributed by atoms with Gasteiger partial charge in [0, 0.05) is 29.4 Å². The molecule has 0 aliphatic carbocycles. The third-order valence-corrected chi connectivity index (χ3v) is 8.68. The maximum absolute atomic E-state index is 14.6. The van der Waals surface area contributed by atoms with Crippen LogP contribution in [0, 0.1) is 6.92 Å².